The average Bonchev–Trinajstić information content (AvgIpc) is 3.31. The van der Waals surface area contributed by atoms with Gasteiger partial charge in [-0.2, -0.15) is 0 Å². The minimum Gasteiger partial charge on any atom is -0.328 e. The lowest BCUT2D eigenvalue weighted by molar-refractivity contribution is -0.136. The van der Waals surface area contributed by atoms with E-state index in [0.29, 0.717) is 41.6 Å². The number of nitrogens with zero attached hydrogens (tertiary/aromatic N) is 1. The van der Waals surface area contributed by atoms with E-state index < -0.39 is 23.8 Å². The predicted octanol–water partition coefficient (Wildman–Crippen LogP) is 0.693. The molecule has 4 N–H and O–H groups in total. The van der Waals surface area contributed by atoms with Crippen molar-refractivity contribution in [1.82, 2.24) is 15.5 Å². The fourth-order valence-corrected chi connectivity index (χ4v) is 5.82. The zero-order valence-electron chi connectivity index (χ0n) is 16.7. The van der Waals surface area contributed by atoms with Crippen LogP contribution < -0.4 is 16.4 Å². The standard InChI is InChI=1S/C22H26N4O4/c23-14-6-12-8-15(9-13(12)7-14)24-10-11-2-1-3-16-19(11)22(30)26(21(16)29)17-4-5-18(27)25-20(17)28/h1-3,12-15,17,24H,4-10,23H2,(H,25,27,28)/t12-,13+,14?,15?,17?. The number of nitrogens with two attached hydrogens (primary N) is 1. The highest BCUT2D eigenvalue weighted by Gasteiger charge is 2.45. The first-order valence-electron chi connectivity index (χ1n) is 10.7. The Kier molecular flexibility index (Phi) is 4.71. The molecule has 8 heteroatoms. The molecule has 2 aliphatic carbocycles. The number of rotatable bonds is 4. The molecule has 1 aromatic rings. The first kappa shape index (κ1) is 19.4. The summed E-state index contributed by atoms with van der Waals surface area (Å²) in [7, 11) is 0. The zero-order valence-corrected chi connectivity index (χ0v) is 16.7. The normalized spacial score (nSPS) is 33.1. The first-order chi connectivity index (χ1) is 14.4. The van der Waals surface area contributed by atoms with Gasteiger partial charge in [-0.15, -0.1) is 0 Å². The molecular weight excluding hydrogens is 384 g/mol. The maximum Gasteiger partial charge on any atom is 0.262 e. The maximum absolute atomic E-state index is 13.1. The highest BCUT2D eigenvalue weighted by molar-refractivity contribution is 6.24. The molecule has 2 heterocycles. The zero-order chi connectivity index (χ0) is 21.0. The van der Waals surface area contributed by atoms with E-state index in [9.17, 15) is 19.2 Å². The summed E-state index contributed by atoms with van der Waals surface area (Å²) in [5, 5.41) is 5.80. The number of nitrogens with one attached hydrogen (secondary N) is 2. The molecule has 1 saturated heterocycles. The molecule has 8 nitrogen and oxygen atoms in total. The number of hydrogen-bond donors (Lipinski definition) is 3. The lowest BCUT2D eigenvalue weighted by Crippen LogP contribution is -2.54. The van der Waals surface area contributed by atoms with Gasteiger partial charge in [0, 0.05) is 25.0 Å². The van der Waals surface area contributed by atoms with Gasteiger partial charge in [-0.3, -0.25) is 29.4 Å². The summed E-state index contributed by atoms with van der Waals surface area (Å²) in [5.74, 6) is -0.501. The Hall–Kier alpha value is -2.58. The molecule has 2 aliphatic heterocycles. The number of fused-ring (bicyclic) bond motifs is 2. The second kappa shape index (κ2) is 7.28. The lowest BCUT2D eigenvalue weighted by Gasteiger charge is -2.27. The third kappa shape index (κ3) is 3.15. The number of carbonyl (C=O) groups excluding carboxylic acids is 4. The van der Waals surface area contributed by atoms with Crippen LogP contribution in [-0.4, -0.2) is 46.7 Å². The SMILES string of the molecule is NC1C[C@@H]2CC(NCc3cccc4c3C(=O)N(C3CCC(=O)NC3=O)C4=O)C[C@@H]2C1. The number of imide groups is 2. The molecular formula is C22H26N4O4. The van der Waals surface area contributed by atoms with Crippen molar-refractivity contribution < 1.29 is 19.2 Å². The van der Waals surface area contributed by atoms with Gasteiger partial charge >= 0.3 is 0 Å². The van der Waals surface area contributed by atoms with Crippen molar-refractivity contribution in [3.8, 4) is 0 Å². The van der Waals surface area contributed by atoms with Crippen molar-refractivity contribution in [3.63, 3.8) is 0 Å². The predicted molar refractivity (Wildman–Crippen MR) is 107 cm³/mol. The second-order valence-electron chi connectivity index (χ2n) is 9.09. The lowest BCUT2D eigenvalue weighted by atomic mass is 10.0. The van der Waals surface area contributed by atoms with Crippen LogP contribution in [0.2, 0.25) is 0 Å². The summed E-state index contributed by atoms with van der Waals surface area (Å²) >= 11 is 0. The third-order valence-electron chi connectivity index (χ3n) is 7.19. The van der Waals surface area contributed by atoms with Gasteiger partial charge in [0.1, 0.15) is 6.04 Å². The van der Waals surface area contributed by atoms with Crippen LogP contribution in [0, 0.1) is 11.8 Å². The van der Waals surface area contributed by atoms with Crippen LogP contribution in [0.5, 0.6) is 0 Å². The number of piperidine rings is 1. The van der Waals surface area contributed by atoms with Crippen LogP contribution in [0.15, 0.2) is 18.2 Å². The Morgan fingerprint density at radius 2 is 1.77 bits per heavy atom. The second-order valence-corrected chi connectivity index (χ2v) is 9.09. The van der Waals surface area contributed by atoms with Gasteiger partial charge in [-0.25, -0.2) is 0 Å². The van der Waals surface area contributed by atoms with E-state index in [1.165, 1.54) is 0 Å². The van der Waals surface area contributed by atoms with Gasteiger partial charge in [-0.05, 0) is 55.6 Å². The van der Waals surface area contributed by atoms with E-state index in [0.717, 1.165) is 36.1 Å². The first-order valence-corrected chi connectivity index (χ1v) is 10.7. The van der Waals surface area contributed by atoms with Crippen LogP contribution in [0.4, 0.5) is 0 Å². The van der Waals surface area contributed by atoms with Gasteiger partial charge in [0.05, 0.1) is 11.1 Å². The van der Waals surface area contributed by atoms with Gasteiger partial charge in [-0.1, -0.05) is 12.1 Å². The van der Waals surface area contributed by atoms with E-state index in [2.05, 4.69) is 10.6 Å². The van der Waals surface area contributed by atoms with Crippen molar-refractivity contribution in [1.29, 1.82) is 0 Å². The molecule has 158 valence electrons. The average molecular weight is 410 g/mol. The molecule has 30 heavy (non-hydrogen) atoms. The van der Waals surface area contributed by atoms with Crippen molar-refractivity contribution in [3.05, 3.63) is 34.9 Å². The van der Waals surface area contributed by atoms with E-state index in [4.69, 9.17) is 5.73 Å². The van der Waals surface area contributed by atoms with E-state index >= 15 is 0 Å². The van der Waals surface area contributed by atoms with Crippen LogP contribution in [-0.2, 0) is 16.1 Å². The largest absolute Gasteiger partial charge is 0.328 e. The van der Waals surface area contributed by atoms with Crippen LogP contribution >= 0.6 is 0 Å². The smallest absolute Gasteiger partial charge is 0.262 e. The quantitative estimate of drug-likeness (QED) is 0.628. The summed E-state index contributed by atoms with van der Waals surface area (Å²) in [6.45, 7) is 0.502. The molecule has 4 amide bonds. The third-order valence-corrected chi connectivity index (χ3v) is 7.19. The fourth-order valence-electron chi connectivity index (χ4n) is 5.82. The van der Waals surface area contributed by atoms with Crippen molar-refractivity contribution >= 4 is 23.6 Å². The van der Waals surface area contributed by atoms with Crippen LogP contribution in [0.25, 0.3) is 0 Å². The monoisotopic (exact) mass is 410 g/mol. The fraction of sp³-hybridized carbons (Fsp3) is 0.545. The molecule has 1 aromatic carbocycles. The van der Waals surface area contributed by atoms with Gasteiger partial charge in [0.15, 0.2) is 0 Å². The molecule has 3 fully saturated rings. The molecule has 0 radical (unpaired) electrons. The molecule has 0 spiro atoms. The molecule has 5 atom stereocenters. The molecule has 4 aliphatic rings. The Morgan fingerprint density at radius 1 is 1.03 bits per heavy atom. The van der Waals surface area contributed by atoms with Crippen molar-refractivity contribution in [2.75, 3.05) is 0 Å². The van der Waals surface area contributed by atoms with E-state index in [-0.39, 0.29) is 18.7 Å². The summed E-state index contributed by atoms with van der Waals surface area (Å²) in [6.07, 6.45) is 4.67. The highest BCUT2D eigenvalue weighted by Crippen LogP contribution is 2.43. The van der Waals surface area contributed by atoms with Gasteiger partial charge in [0.2, 0.25) is 11.8 Å². The van der Waals surface area contributed by atoms with Gasteiger partial charge < -0.3 is 11.1 Å². The Balaban J connectivity index is 1.31. The van der Waals surface area contributed by atoms with Gasteiger partial charge in [0.25, 0.3) is 11.8 Å². The van der Waals surface area contributed by atoms with E-state index in [1.54, 1.807) is 12.1 Å². The number of carbonyl (C=O) groups is 4. The molecule has 2 saturated carbocycles. The molecule has 5 rings (SSSR count). The Morgan fingerprint density at radius 3 is 2.47 bits per heavy atom. The number of amides is 4. The minimum absolute atomic E-state index is 0.117. The summed E-state index contributed by atoms with van der Waals surface area (Å²) < 4.78 is 0. The van der Waals surface area contributed by atoms with Crippen LogP contribution in [0.3, 0.4) is 0 Å². The topological polar surface area (TPSA) is 122 Å². The molecule has 3 unspecified atom stereocenters. The maximum atomic E-state index is 13.1. The molecule has 0 aromatic heterocycles. The summed E-state index contributed by atoms with van der Waals surface area (Å²) in [5.41, 5.74) is 7.55. The highest BCUT2D eigenvalue weighted by atomic mass is 16.2. The Bertz CT molecular complexity index is 931. The number of hydrogen-bond acceptors (Lipinski definition) is 6. The van der Waals surface area contributed by atoms with Crippen LogP contribution in [0.1, 0.15) is 64.8 Å². The molecule has 0 bridgehead atoms. The van der Waals surface area contributed by atoms with Crippen molar-refractivity contribution in [2.45, 2.75) is 63.2 Å². The summed E-state index contributed by atoms with van der Waals surface area (Å²) in [6, 6.07) is 5.05. The summed E-state index contributed by atoms with van der Waals surface area (Å²) in [4.78, 5) is 50.8. The minimum atomic E-state index is -0.936. The van der Waals surface area contributed by atoms with E-state index in [1.807, 2.05) is 6.07 Å². The van der Waals surface area contributed by atoms with Crippen molar-refractivity contribution in [2.24, 2.45) is 17.6 Å². The Labute approximate surface area is 174 Å². The number of benzene rings is 1.